The van der Waals surface area contributed by atoms with Gasteiger partial charge in [-0.15, -0.1) is 0 Å². The lowest BCUT2D eigenvalue weighted by atomic mass is 10.1. The SMILES string of the molecule is Cc1cc(C)c(S(=O)(=O)Nc2cc(-c3ccncc3)[nH]n2)cc1C. The Bertz CT molecular complexity index is 979. The van der Waals surface area contributed by atoms with E-state index in [1.54, 1.807) is 31.5 Å². The summed E-state index contributed by atoms with van der Waals surface area (Å²) in [6.07, 6.45) is 3.33. The highest BCUT2D eigenvalue weighted by molar-refractivity contribution is 7.92. The van der Waals surface area contributed by atoms with Gasteiger partial charge in [-0.25, -0.2) is 8.42 Å². The molecule has 0 fully saturated rings. The van der Waals surface area contributed by atoms with Crippen molar-refractivity contribution in [3.05, 3.63) is 59.4 Å². The van der Waals surface area contributed by atoms with Gasteiger partial charge in [0.05, 0.1) is 10.6 Å². The predicted molar refractivity (Wildman–Crippen MR) is 93.3 cm³/mol. The van der Waals surface area contributed by atoms with Crippen LogP contribution in [0.3, 0.4) is 0 Å². The number of sulfonamides is 1. The maximum Gasteiger partial charge on any atom is 0.263 e. The summed E-state index contributed by atoms with van der Waals surface area (Å²) in [4.78, 5) is 4.22. The van der Waals surface area contributed by atoms with Crippen molar-refractivity contribution in [3.63, 3.8) is 0 Å². The van der Waals surface area contributed by atoms with Gasteiger partial charge >= 0.3 is 0 Å². The molecule has 0 aliphatic carbocycles. The quantitative estimate of drug-likeness (QED) is 0.762. The van der Waals surface area contributed by atoms with Crippen molar-refractivity contribution in [2.45, 2.75) is 25.7 Å². The Hall–Kier alpha value is -2.67. The van der Waals surface area contributed by atoms with Crippen LogP contribution in [0, 0.1) is 20.8 Å². The number of aromatic amines is 1. The van der Waals surface area contributed by atoms with Gasteiger partial charge in [0.25, 0.3) is 10.0 Å². The first kappa shape index (κ1) is 16.2. The summed E-state index contributed by atoms with van der Waals surface area (Å²) in [5, 5.41) is 6.86. The summed E-state index contributed by atoms with van der Waals surface area (Å²) in [6.45, 7) is 5.64. The van der Waals surface area contributed by atoms with E-state index < -0.39 is 10.0 Å². The van der Waals surface area contributed by atoms with E-state index in [0.29, 0.717) is 11.3 Å². The highest BCUT2D eigenvalue weighted by Gasteiger charge is 2.19. The number of aromatic nitrogens is 3. The molecule has 0 unspecified atom stereocenters. The van der Waals surface area contributed by atoms with Gasteiger partial charge in [-0.05, 0) is 55.7 Å². The number of nitrogens with one attached hydrogen (secondary N) is 2. The lowest BCUT2D eigenvalue weighted by Gasteiger charge is -2.11. The molecule has 0 saturated carbocycles. The fourth-order valence-electron chi connectivity index (χ4n) is 2.47. The third-order valence-electron chi connectivity index (χ3n) is 3.89. The molecule has 0 aliphatic heterocycles. The highest BCUT2D eigenvalue weighted by atomic mass is 32.2. The predicted octanol–water partition coefficient (Wildman–Crippen LogP) is 3.20. The number of pyridine rings is 1. The number of hydrogen-bond donors (Lipinski definition) is 2. The zero-order chi connectivity index (χ0) is 17.3. The normalized spacial score (nSPS) is 11.5. The largest absolute Gasteiger partial charge is 0.276 e. The van der Waals surface area contributed by atoms with E-state index in [-0.39, 0.29) is 10.7 Å². The van der Waals surface area contributed by atoms with E-state index in [9.17, 15) is 8.42 Å². The summed E-state index contributed by atoms with van der Waals surface area (Å²) in [5.74, 6) is 0.249. The van der Waals surface area contributed by atoms with Crippen molar-refractivity contribution in [1.82, 2.24) is 15.2 Å². The maximum atomic E-state index is 12.7. The van der Waals surface area contributed by atoms with Gasteiger partial charge in [-0.2, -0.15) is 5.10 Å². The zero-order valence-corrected chi connectivity index (χ0v) is 14.5. The van der Waals surface area contributed by atoms with Crippen LogP contribution >= 0.6 is 0 Å². The highest BCUT2D eigenvalue weighted by Crippen LogP contribution is 2.24. The van der Waals surface area contributed by atoms with Gasteiger partial charge in [0, 0.05) is 24.0 Å². The summed E-state index contributed by atoms with van der Waals surface area (Å²) < 4.78 is 27.8. The first-order chi connectivity index (χ1) is 11.4. The van der Waals surface area contributed by atoms with Crippen LogP contribution in [-0.4, -0.2) is 23.6 Å². The van der Waals surface area contributed by atoms with Crippen LogP contribution in [0.2, 0.25) is 0 Å². The lowest BCUT2D eigenvalue weighted by molar-refractivity contribution is 0.600. The van der Waals surface area contributed by atoms with Crippen molar-refractivity contribution in [2.24, 2.45) is 0 Å². The van der Waals surface area contributed by atoms with Crippen molar-refractivity contribution < 1.29 is 8.42 Å². The standard InChI is InChI=1S/C17H18N4O2S/c1-11-8-13(3)16(9-12(11)2)24(22,23)21-17-10-15(19-20-17)14-4-6-18-7-5-14/h4-10H,1-3H3,(H2,19,20,21). The van der Waals surface area contributed by atoms with Gasteiger partial charge in [0.15, 0.2) is 5.82 Å². The van der Waals surface area contributed by atoms with E-state index in [2.05, 4.69) is 19.9 Å². The summed E-state index contributed by atoms with van der Waals surface area (Å²) in [6, 6.07) is 8.85. The molecular formula is C17H18N4O2S. The fraction of sp³-hybridized carbons (Fsp3) is 0.176. The number of rotatable bonds is 4. The molecule has 2 N–H and O–H groups in total. The van der Waals surface area contributed by atoms with E-state index in [1.165, 1.54) is 0 Å². The molecule has 124 valence electrons. The second-order valence-electron chi connectivity index (χ2n) is 5.71. The van der Waals surface area contributed by atoms with Crippen LogP contribution in [0.1, 0.15) is 16.7 Å². The van der Waals surface area contributed by atoms with Crippen molar-refractivity contribution in [3.8, 4) is 11.3 Å². The number of H-pyrrole nitrogens is 1. The van der Waals surface area contributed by atoms with Gasteiger partial charge in [0.1, 0.15) is 0 Å². The molecule has 3 rings (SSSR count). The summed E-state index contributed by atoms with van der Waals surface area (Å²) in [7, 11) is -3.70. The van der Waals surface area contributed by atoms with Crippen LogP contribution in [-0.2, 0) is 10.0 Å². The lowest BCUT2D eigenvalue weighted by Crippen LogP contribution is -2.15. The minimum atomic E-state index is -3.70. The average Bonchev–Trinajstić information content (AvgIpc) is 2.99. The van der Waals surface area contributed by atoms with Crippen LogP contribution in [0.4, 0.5) is 5.82 Å². The molecule has 6 nitrogen and oxygen atoms in total. The van der Waals surface area contributed by atoms with Crippen LogP contribution in [0.5, 0.6) is 0 Å². The Morgan fingerprint density at radius 2 is 1.62 bits per heavy atom. The Balaban J connectivity index is 1.91. The summed E-state index contributed by atoms with van der Waals surface area (Å²) >= 11 is 0. The van der Waals surface area contributed by atoms with E-state index >= 15 is 0 Å². The van der Waals surface area contributed by atoms with Gasteiger partial charge in [-0.1, -0.05) is 6.07 Å². The molecule has 0 amide bonds. The molecule has 24 heavy (non-hydrogen) atoms. The topological polar surface area (TPSA) is 87.7 Å². The molecule has 0 spiro atoms. The third kappa shape index (κ3) is 3.16. The molecule has 3 aromatic rings. The molecule has 7 heteroatoms. The molecular weight excluding hydrogens is 324 g/mol. The van der Waals surface area contributed by atoms with E-state index in [1.807, 2.05) is 32.0 Å². The fourth-order valence-corrected chi connectivity index (χ4v) is 3.77. The van der Waals surface area contributed by atoms with E-state index in [0.717, 1.165) is 16.7 Å². The Morgan fingerprint density at radius 1 is 0.958 bits per heavy atom. The number of nitrogens with zero attached hydrogens (tertiary/aromatic N) is 2. The first-order valence-electron chi connectivity index (χ1n) is 7.43. The van der Waals surface area contributed by atoms with Crippen LogP contribution in [0.25, 0.3) is 11.3 Å². The average molecular weight is 342 g/mol. The molecule has 0 radical (unpaired) electrons. The molecule has 1 aromatic carbocycles. The Kier molecular flexibility index (Phi) is 4.11. The second-order valence-corrected chi connectivity index (χ2v) is 7.36. The van der Waals surface area contributed by atoms with Gasteiger partial charge in [-0.3, -0.25) is 14.8 Å². The van der Waals surface area contributed by atoms with Crippen LogP contribution in [0.15, 0.2) is 47.6 Å². The van der Waals surface area contributed by atoms with E-state index in [4.69, 9.17) is 0 Å². The van der Waals surface area contributed by atoms with Gasteiger partial charge < -0.3 is 0 Å². The van der Waals surface area contributed by atoms with Crippen molar-refractivity contribution >= 4 is 15.8 Å². The zero-order valence-electron chi connectivity index (χ0n) is 13.7. The van der Waals surface area contributed by atoms with Crippen molar-refractivity contribution in [2.75, 3.05) is 4.72 Å². The third-order valence-corrected chi connectivity index (χ3v) is 5.39. The van der Waals surface area contributed by atoms with Crippen molar-refractivity contribution in [1.29, 1.82) is 0 Å². The number of hydrogen-bond acceptors (Lipinski definition) is 4. The molecule has 0 bridgehead atoms. The minimum Gasteiger partial charge on any atom is -0.276 e. The number of aryl methyl sites for hydroxylation is 3. The maximum absolute atomic E-state index is 12.7. The second kappa shape index (κ2) is 6.09. The molecule has 0 aliphatic rings. The number of benzene rings is 1. The molecule has 2 heterocycles. The smallest absolute Gasteiger partial charge is 0.263 e. The molecule has 0 saturated heterocycles. The molecule has 0 atom stereocenters. The number of anilines is 1. The Morgan fingerprint density at radius 3 is 2.33 bits per heavy atom. The van der Waals surface area contributed by atoms with Crippen LogP contribution < -0.4 is 4.72 Å². The Labute approximate surface area is 141 Å². The monoisotopic (exact) mass is 342 g/mol. The first-order valence-corrected chi connectivity index (χ1v) is 8.91. The molecule has 2 aromatic heterocycles. The van der Waals surface area contributed by atoms with Gasteiger partial charge in [0.2, 0.25) is 0 Å². The minimum absolute atomic E-state index is 0.249. The summed E-state index contributed by atoms with van der Waals surface area (Å²) in [5.41, 5.74) is 4.29.